The Bertz CT molecular complexity index is 2110. The van der Waals surface area contributed by atoms with E-state index in [1.54, 1.807) is 20.4 Å². The van der Waals surface area contributed by atoms with Crippen molar-refractivity contribution in [2.45, 2.75) is 37.7 Å². The molecule has 0 amide bonds. The van der Waals surface area contributed by atoms with Gasteiger partial charge in [0.05, 0.1) is 43.4 Å². The predicted octanol–water partition coefficient (Wildman–Crippen LogP) is 6.60. The molecule has 236 valence electrons. The lowest BCUT2D eigenvalue weighted by molar-refractivity contribution is 0.397. The number of halogens is 1. The molecule has 6 aromatic rings. The Morgan fingerprint density at radius 1 is 0.894 bits per heavy atom. The lowest BCUT2D eigenvalue weighted by Crippen LogP contribution is -2.24. The first-order valence-electron chi connectivity index (χ1n) is 15.3. The number of fused-ring (bicyclic) bond motifs is 1. The molecule has 47 heavy (non-hydrogen) atoms. The summed E-state index contributed by atoms with van der Waals surface area (Å²) in [4.78, 5) is 31.7. The van der Waals surface area contributed by atoms with Gasteiger partial charge in [-0.25, -0.2) is 24.6 Å². The average Bonchev–Trinajstić information content (AvgIpc) is 3.98. The van der Waals surface area contributed by atoms with Crippen LogP contribution >= 0.6 is 11.6 Å². The molecule has 0 spiro atoms. The van der Waals surface area contributed by atoms with Gasteiger partial charge in [0.1, 0.15) is 23.5 Å². The van der Waals surface area contributed by atoms with Crippen molar-refractivity contribution in [1.29, 1.82) is 0 Å². The molecule has 7 rings (SSSR count). The molecule has 0 radical (unpaired) electrons. The van der Waals surface area contributed by atoms with Gasteiger partial charge in [0.2, 0.25) is 5.88 Å². The lowest BCUT2D eigenvalue weighted by atomic mass is 10.0. The Balaban J connectivity index is 1.16. The fourth-order valence-electron chi connectivity index (χ4n) is 5.62. The van der Waals surface area contributed by atoms with Crippen molar-refractivity contribution in [2.75, 3.05) is 19.5 Å². The molecule has 0 bridgehead atoms. The molecular weight excluding hydrogens is 614 g/mol. The number of rotatable bonds is 11. The second-order valence-electron chi connectivity index (χ2n) is 11.4. The third kappa shape index (κ3) is 6.24. The molecule has 11 heteroatoms. The molecule has 0 aliphatic heterocycles. The van der Waals surface area contributed by atoms with Crippen molar-refractivity contribution >= 4 is 28.2 Å². The van der Waals surface area contributed by atoms with Gasteiger partial charge in [-0.1, -0.05) is 54.6 Å². The molecule has 1 fully saturated rings. The van der Waals surface area contributed by atoms with Crippen molar-refractivity contribution in [3.8, 4) is 34.3 Å². The molecule has 1 N–H and O–H groups in total. The van der Waals surface area contributed by atoms with Gasteiger partial charge in [0, 0.05) is 35.2 Å². The number of methoxy groups -OCH3 is 2. The fraction of sp³-hybridized carbons (Fsp3) is 0.222. The Morgan fingerprint density at radius 2 is 1.64 bits per heavy atom. The van der Waals surface area contributed by atoms with Crippen LogP contribution in [0.5, 0.6) is 11.6 Å². The van der Waals surface area contributed by atoms with E-state index in [4.69, 9.17) is 31.2 Å². The number of anilines is 1. The van der Waals surface area contributed by atoms with Gasteiger partial charge in [0.25, 0.3) is 5.56 Å². The maximum Gasteiger partial charge on any atom is 0.274 e. The third-order valence-electron chi connectivity index (χ3n) is 8.28. The summed E-state index contributed by atoms with van der Waals surface area (Å²) in [6, 6.07) is 23.4. The zero-order valence-corrected chi connectivity index (χ0v) is 26.7. The van der Waals surface area contributed by atoms with Crippen LogP contribution in [0.2, 0.25) is 0 Å². The van der Waals surface area contributed by atoms with Crippen molar-refractivity contribution in [2.24, 2.45) is 0 Å². The van der Waals surface area contributed by atoms with E-state index in [1.165, 1.54) is 11.0 Å². The molecule has 3 heterocycles. The molecule has 3 aromatic heterocycles. The van der Waals surface area contributed by atoms with E-state index < -0.39 is 0 Å². The molecule has 0 unspecified atom stereocenters. The minimum Gasteiger partial charge on any atom is -0.497 e. The SMILES string of the molecule is COc1ccc(Cn2nc(-c3ccc(CNc4nc(-c5c(OC)ncnc5C5CC5)ncc4CCl)cc3)c3ccccc3c2=O)cc1. The summed E-state index contributed by atoms with van der Waals surface area (Å²) in [6.07, 6.45) is 5.41. The standard InChI is InChI=1S/C36H32ClN7O3/c1-46-27-15-9-23(10-16-27)20-44-36(45)29-6-4-3-5-28(29)31(43-44)24-11-7-22(8-12-24)18-38-33-26(17-37)19-39-34(42-33)30-32(25-13-14-25)40-21-41-35(30)47-2/h3-12,15-16,19,21,25H,13-14,17-18,20H2,1-2H3,(H,38,39,42). The Morgan fingerprint density at radius 3 is 2.34 bits per heavy atom. The molecule has 0 saturated heterocycles. The van der Waals surface area contributed by atoms with Gasteiger partial charge < -0.3 is 14.8 Å². The van der Waals surface area contributed by atoms with Crippen LogP contribution in [0, 0.1) is 0 Å². The first-order valence-corrected chi connectivity index (χ1v) is 15.9. The van der Waals surface area contributed by atoms with E-state index in [0.717, 1.165) is 63.2 Å². The highest BCUT2D eigenvalue weighted by Gasteiger charge is 2.31. The van der Waals surface area contributed by atoms with Gasteiger partial charge in [-0.2, -0.15) is 5.10 Å². The number of nitrogens with zero attached hydrogens (tertiary/aromatic N) is 6. The van der Waals surface area contributed by atoms with Crippen molar-refractivity contribution in [3.05, 3.63) is 118 Å². The second-order valence-corrected chi connectivity index (χ2v) is 11.6. The molecule has 3 aromatic carbocycles. The normalized spacial score (nSPS) is 12.7. The summed E-state index contributed by atoms with van der Waals surface area (Å²) in [5.41, 5.74) is 5.91. The second kappa shape index (κ2) is 13.2. The molecule has 0 atom stereocenters. The van der Waals surface area contributed by atoms with Crippen LogP contribution in [-0.2, 0) is 19.0 Å². The Kier molecular flexibility index (Phi) is 8.50. The minimum absolute atomic E-state index is 0.135. The summed E-state index contributed by atoms with van der Waals surface area (Å²) < 4.78 is 12.4. The van der Waals surface area contributed by atoms with Gasteiger partial charge in [-0.3, -0.25) is 4.79 Å². The highest BCUT2D eigenvalue weighted by molar-refractivity contribution is 6.17. The molecule has 1 aliphatic rings. The van der Waals surface area contributed by atoms with Crippen molar-refractivity contribution < 1.29 is 9.47 Å². The van der Waals surface area contributed by atoms with E-state index in [1.807, 2.05) is 72.8 Å². The van der Waals surface area contributed by atoms with E-state index in [9.17, 15) is 4.79 Å². The molecule has 1 aliphatic carbocycles. The average molecular weight is 646 g/mol. The largest absolute Gasteiger partial charge is 0.497 e. The monoisotopic (exact) mass is 645 g/mol. The number of benzene rings is 3. The van der Waals surface area contributed by atoms with E-state index >= 15 is 0 Å². The molecule has 1 saturated carbocycles. The van der Waals surface area contributed by atoms with Crippen LogP contribution in [0.25, 0.3) is 33.4 Å². The number of hydrogen-bond donors (Lipinski definition) is 1. The van der Waals surface area contributed by atoms with Crippen molar-refractivity contribution in [3.63, 3.8) is 0 Å². The number of ether oxygens (including phenoxy) is 2. The number of hydrogen-bond acceptors (Lipinski definition) is 9. The van der Waals surface area contributed by atoms with E-state index in [0.29, 0.717) is 41.9 Å². The zero-order chi connectivity index (χ0) is 32.3. The van der Waals surface area contributed by atoms with E-state index in [-0.39, 0.29) is 11.4 Å². The van der Waals surface area contributed by atoms with Crippen LogP contribution in [0.3, 0.4) is 0 Å². The first kappa shape index (κ1) is 30.3. The maximum atomic E-state index is 13.4. The topological polar surface area (TPSA) is 117 Å². The van der Waals surface area contributed by atoms with Crippen LogP contribution < -0.4 is 20.3 Å². The van der Waals surface area contributed by atoms with Crippen molar-refractivity contribution in [1.82, 2.24) is 29.7 Å². The first-order chi connectivity index (χ1) is 23.1. The third-order valence-corrected chi connectivity index (χ3v) is 8.57. The van der Waals surface area contributed by atoms with E-state index in [2.05, 4.69) is 20.3 Å². The minimum atomic E-state index is -0.135. The summed E-state index contributed by atoms with van der Waals surface area (Å²) in [5, 5.41) is 9.71. The lowest BCUT2D eigenvalue weighted by Gasteiger charge is -2.14. The van der Waals surface area contributed by atoms with Gasteiger partial charge in [-0.05, 0) is 42.2 Å². The zero-order valence-electron chi connectivity index (χ0n) is 26.0. The summed E-state index contributed by atoms with van der Waals surface area (Å²) in [6.45, 7) is 0.847. The Labute approximate surface area is 276 Å². The predicted molar refractivity (Wildman–Crippen MR) is 182 cm³/mol. The van der Waals surface area contributed by atoms with Crippen LogP contribution in [0.15, 0.2) is 90.1 Å². The van der Waals surface area contributed by atoms with Gasteiger partial charge >= 0.3 is 0 Å². The highest BCUT2D eigenvalue weighted by atomic mass is 35.5. The van der Waals surface area contributed by atoms with Crippen LogP contribution in [-0.4, -0.2) is 43.9 Å². The quantitative estimate of drug-likeness (QED) is 0.155. The smallest absolute Gasteiger partial charge is 0.274 e. The van der Waals surface area contributed by atoms with Gasteiger partial charge in [-0.15, -0.1) is 11.6 Å². The number of alkyl halides is 1. The number of nitrogens with one attached hydrogen (secondary N) is 1. The summed E-state index contributed by atoms with van der Waals surface area (Å²) in [7, 11) is 3.22. The molecular formula is C36H32ClN7O3. The van der Waals surface area contributed by atoms with Gasteiger partial charge in [0.15, 0.2) is 5.82 Å². The molecule has 10 nitrogen and oxygen atoms in total. The van der Waals surface area contributed by atoms with Crippen LogP contribution in [0.4, 0.5) is 5.82 Å². The number of aromatic nitrogens is 6. The fourth-order valence-corrected chi connectivity index (χ4v) is 5.81. The maximum absolute atomic E-state index is 13.4. The summed E-state index contributed by atoms with van der Waals surface area (Å²) in [5.74, 6) is 2.97. The van der Waals surface area contributed by atoms with Crippen LogP contribution in [0.1, 0.15) is 41.1 Å². The Hall–Kier alpha value is -5.35. The summed E-state index contributed by atoms with van der Waals surface area (Å²) >= 11 is 6.28. The highest BCUT2D eigenvalue weighted by Crippen LogP contribution is 2.45.